The van der Waals surface area contributed by atoms with Gasteiger partial charge in [-0.3, -0.25) is 9.59 Å². The van der Waals surface area contributed by atoms with Gasteiger partial charge in [0, 0.05) is 31.1 Å². The highest BCUT2D eigenvalue weighted by Crippen LogP contribution is 2.34. The molecule has 4 heteroatoms. The van der Waals surface area contributed by atoms with Crippen molar-refractivity contribution in [2.45, 2.75) is 90.1 Å². The molecule has 3 aliphatic rings. The Labute approximate surface area is 146 Å². The van der Waals surface area contributed by atoms with Crippen LogP contribution < -0.4 is 0 Å². The van der Waals surface area contributed by atoms with Gasteiger partial charge in [0.2, 0.25) is 11.8 Å². The molecule has 24 heavy (non-hydrogen) atoms. The first kappa shape index (κ1) is 17.8. The number of carbonyl (C=O) groups is 2. The number of hydrogen-bond donors (Lipinski definition) is 0. The summed E-state index contributed by atoms with van der Waals surface area (Å²) < 4.78 is 0. The monoisotopic (exact) mass is 334 g/mol. The van der Waals surface area contributed by atoms with Crippen molar-refractivity contribution in [1.29, 1.82) is 0 Å². The number of likely N-dealkylation sites (tertiary alicyclic amines) is 1. The number of amides is 2. The normalized spacial score (nSPS) is 26.3. The molecule has 0 aromatic carbocycles. The molecule has 3 rings (SSSR count). The first-order chi connectivity index (χ1) is 11.6. The van der Waals surface area contributed by atoms with Crippen LogP contribution in [0.5, 0.6) is 0 Å². The topological polar surface area (TPSA) is 40.6 Å². The van der Waals surface area contributed by atoms with Gasteiger partial charge in [-0.05, 0) is 38.5 Å². The molecule has 4 nitrogen and oxygen atoms in total. The van der Waals surface area contributed by atoms with E-state index in [9.17, 15) is 9.59 Å². The summed E-state index contributed by atoms with van der Waals surface area (Å²) in [5.41, 5.74) is 0. The van der Waals surface area contributed by atoms with Crippen LogP contribution in [-0.2, 0) is 9.59 Å². The van der Waals surface area contributed by atoms with Crippen molar-refractivity contribution in [3.8, 4) is 0 Å². The average Bonchev–Trinajstić information content (AvgIpc) is 3.28. The van der Waals surface area contributed by atoms with Crippen molar-refractivity contribution >= 4 is 11.8 Å². The zero-order chi connectivity index (χ0) is 17.1. The Bertz CT molecular complexity index is 435. The molecule has 0 aromatic rings. The lowest BCUT2D eigenvalue weighted by molar-refractivity contribution is -0.145. The second kappa shape index (κ2) is 7.88. The lowest BCUT2D eigenvalue weighted by Crippen LogP contribution is -2.52. The molecule has 2 saturated carbocycles. The van der Waals surface area contributed by atoms with Crippen LogP contribution in [0.1, 0.15) is 78.1 Å². The SMILES string of the molecule is CC(C)C(=O)N1CCC[C@@H](C(=O)N(C2CCCC2)C2CCCC2)C1. The third-order valence-electron chi connectivity index (χ3n) is 6.27. The molecular formula is C20H34N2O2. The minimum Gasteiger partial charge on any atom is -0.342 e. The molecule has 1 atom stereocenters. The van der Waals surface area contributed by atoms with Gasteiger partial charge in [-0.2, -0.15) is 0 Å². The fourth-order valence-electron chi connectivity index (χ4n) is 4.98. The van der Waals surface area contributed by atoms with Crippen LogP contribution in [0.2, 0.25) is 0 Å². The van der Waals surface area contributed by atoms with Crippen LogP contribution in [0, 0.1) is 11.8 Å². The van der Waals surface area contributed by atoms with E-state index in [2.05, 4.69) is 4.90 Å². The van der Waals surface area contributed by atoms with E-state index in [1.54, 1.807) is 0 Å². The van der Waals surface area contributed by atoms with Crippen LogP contribution in [-0.4, -0.2) is 46.8 Å². The number of nitrogens with zero attached hydrogens (tertiary/aromatic N) is 2. The Morgan fingerprint density at radius 3 is 1.92 bits per heavy atom. The van der Waals surface area contributed by atoms with Gasteiger partial charge in [-0.1, -0.05) is 39.5 Å². The predicted molar refractivity (Wildman–Crippen MR) is 95.5 cm³/mol. The molecule has 2 amide bonds. The van der Waals surface area contributed by atoms with E-state index in [0.29, 0.717) is 24.5 Å². The van der Waals surface area contributed by atoms with E-state index in [1.165, 1.54) is 51.4 Å². The van der Waals surface area contributed by atoms with E-state index in [-0.39, 0.29) is 17.7 Å². The van der Waals surface area contributed by atoms with Crippen molar-refractivity contribution in [3.05, 3.63) is 0 Å². The van der Waals surface area contributed by atoms with Crippen LogP contribution >= 0.6 is 0 Å². The summed E-state index contributed by atoms with van der Waals surface area (Å²) in [6.07, 6.45) is 11.7. The zero-order valence-electron chi connectivity index (χ0n) is 15.5. The number of rotatable bonds is 4. The third-order valence-corrected chi connectivity index (χ3v) is 6.27. The Hall–Kier alpha value is -1.06. The van der Waals surface area contributed by atoms with Gasteiger partial charge in [0.05, 0.1) is 5.92 Å². The quantitative estimate of drug-likeness (QED) is 0.788. The Kier molecular flexibility index (Phi) is 5.83. The van der Waals surface area contributed by atoms with Gasteiger partial charge in [-0.15, -0.1) is 0 Å². The van der Waals surface area contributed by atoms with E-state index in [4.69, 9.17) is 0 Å². The molecule has 0 bridgehead atoms. The average molecular weight is 335 g/mol. The molecule has 1 aliphatic heterocycles. The lowest BCUT2D eigenvalue weighted by Gasteiger charge is -2.40. The largest absolute Gasteiger partial charge is 0.342 e. The van der Waals surface area contributed by atoms with Crippen molar-refractivity contribution in [2.24, 2.45) is 11.8 Å². The molecule has 3 fully saturated rings. The van der Waals surface area contributed by atoms with Crippen molar-refractivity contribution in [3.63, 3.8) is 0 Å². The predicted octanol–water partition coefficient (Wildman–Crippen LogP) is 3.59. The maximum atomic E-state index is 13.4. The maximum Gasteiger partial charge on any atom is 0.227 e. The fraction of sp³-hybridized carbons (Fsp3) is 0.900. The van der Waals surface area contributed by atoms with Crippen LogP contribution in [0.25, 0.3) is 0 Å². The van der Waals surface area contributed by atoms with Crippen LogP contribution in [0.4, 0.5) is 0 Å². The van der Waals surface area contributed by atoms with Crippen molar-refractivity contribution in [2.75, 3.05) is 13.1 Å². The molecule has 2 aliphatic carbocycles. The van der Waals surface area contributed by atoms with Gasteiger partial charge in [-0.25, -0.2) is 0 Å². The molecular weight excluding hydrogens is 300 g/mol. The Morgan fingerprint density at radius 1 is 0.875 bits per heavy atom. The van der Waals surface area contributed by atoms with Gasteiger partial charge >= 0.3 is 0 Å². The summed E-state index contributed by atoms with van der Waals surface area (Å²) in [6, 6.07) is 0.938. The first-order valence-electron chi connectivity index (χ1n) is 10.2. The van der Waals surface area contributed by atoms with Gasteiger partial charge in [0.15, 0.2) is 0 Å². The summed E-state index contributed by atoms with van der Waals surface area (Å²) in [5, 5.41) is 0. The summed E-state index contributed by atoms with van der Waals surface area (Å²) >= 11 is 0. The van der Waals surface area contributed by atoms with E-state index < -0.39 is 0 Å². The molecule has 0 spiro atoms. The van der Waals surface area contributed by atoms with E-state index in [1.807, 2.05) is 18.7 Å². The maximum absolute atomic E-state index is 13.4. The number of carbonyl (C=O) groups excluding carboxylic acids is 2. The fourth-order valence-corrected chi connectivity index (χ4v) is 4.98. The molecule has 0 unspecified atom stereocenters. The Morgan fingerprint density at radius 2 is 1.42 bits per heavy atom. The smallest absolute Gasteiger partial charge is 0.227 e. The van der Waals surface area contributed by atoms with Crippen molar-refractivity contribution < 1.29 is 9.59 Å². The second-order valence-electron chi connectivity index (χ2n) is 8.40. The summed E-state index contributed by atoms with van der Waals surface area (Å²) in [6.45, 7) is 5.38. The van der Waals surface area contributed by atoms with Gasteiger partial charge in [0.25, 0.3) is 0 Å². The molecule has 0 aromatic heterocycles. The number of hydrogen-bond acceptors (Lipinski definition) is 2. The molecule has 1 heterocycles. The number of piperidine rings is 1. The highest BCUT2D eigenvalue weighted by molar-refractivity contribution is 5.82. The summed E-state index contributed by atoms with van der Waals surface area (Å²) in [5.74, 6) is 0.623. The summed E-state index contributed by atoms with van der Waals surface area (Å²) in [7, 11) is 0. The Balaban J connectivity index is 1.70. The van der Waals surface area contributed by atoms with E-state index in [0.717, 1.165) is 19.4 Å². The molecule has 0 N–H and O–H groups in total. The van der Waals surface area contributed by atoms with Gasteiger partial charge in [0.1, 0.15) is 0 Å². The second-order valence-corrected chi connectivity index (χ2v) is 8.40. The van der Waals surface area contributed by atoms with Crippen molar-refractivity contribution in [1.82, 2.24) is 9.80 Å². The highest BCUT2D eigenvalue weighted by Gasteiger charge is 2.39. The van der Waals surface area contributed by atoms with Gasteiger partial charge < -0.3 is 9.80 Å². The highest BCUT2D eigenvalue weighted by atomic mass is 16.2. The standard InChI is InChI=1S/C20H34N2O2/c1-15(2)19(23)21-13-7-8-16(14-21)20(24)22(17-9-3-4-10-17)18-11-5-6-12-18/h15-18H,3-14H2,1-2H3/t16-/m1/s1. The van der Waals surface area contributed by atoms with E-state index >= 15 is 0 Å². The first-order valence-corrected chi connectivity index (χ1v) is 10.2. The van der Waals surface area contributed by atoms with Crippen LogP contribution in [0.3, 0.4) is 0 Å². The third kappa shape index (κ3) is 3.78. The zero-order valence-corrected chi connectivity index (χ0v) is 15.5. The lowest BCUT2D eigenvalue weighted by atomic mass is 9.93. The minimum atomic E-state index is 0.0274. The summed E-state index contributed by atoms with van der Waals surface area (Å²) in [4.78, 5) is 30.0. The molecule has 1 saturated heterocycles. The minimum absolute atomic E-state index is 0.0274. The van der Waals surface area contributed by atoms with Crippen LogP contribution in [0.15, 0.2) is 0 Å². The molecule has 136 valence electrons. The molecule has 0 radical (unpaired) electrons.